The Bertz CT molecular complexity index is 253. The Morgan fingerprint density at radius 2 is 2.29 bits per heavy atom. The second-order valence-corrected chi connectivity index (χ2v) is 5.08. The molecule has 2 N–H and O–H groups in total. The molecule has 2 heteroatoms. The van der Waals surface area contributed by atoms with Crippen molar-refractivity contribution in [2.24, 2.45) is 17.1 Å². The molecule has 14 heavy (non-hydrogen) atoms. The van der Waals surface area contributed by atoms with Gasteiger partial charge in [-0.1, -0.05) is 19.9 Å². The number of hydrogen-bond acceptors (Lipinski definition) is 2. The molecule has 0 heterocycles. The van der Waals surface area contributed by atoms with Gasteiger partial charge in [-0.3, -0.25) is 0 Å². The monoisotopic (exact) mass is 195 g/mol. The highest BCUT2D eigenvalue weighted by atomic mass is 16.1. The Morgan fingerprint density at radius 3 is 2.86 bits per heavy atom. The minimum absolute atomic E-state index is 0.276. The third-order valence-corrected chi connectivity index (χ3v) is 3.28. The van der Waals surface area contributed by atoms with Crippen LogP contribution < -0.4 is 5.73 Å². The van der Waals surface area contributed by atoms with Crippen molar-refractivity contribution in [3.63, 3.8) is 0 Å². The van der Waals surface area contributed by atoms with Crippen molar-refractivity contribution >= 4 is 5.78 Å². The molecule has 0 aromatic heterocycles. The SMILES string of the molecule is CC(=O)CCC1C=C(N)CCC1(C)C. The van der Waals surface area contributed by atoms with E-state index in [0.29, 0.717) is 17.8 Å². The summed E-state index contributed by atoms with van der Waals surface area (Å²) in [7, 11) is 0. The van der Waals surface area contributed by atoms with Crippen molar-refractivity contribution in [2.75, 3.05) is 0 Å². The number of allylic oxidation sites excluding steroid dienone is 2. The van der Waals surface area contributed by atoms with Crippen LogP contribution in [0.3, 0.4) is 0 Å². The lowest BCUT2D eigenvalue weighted by molar-refractivity contribution is -0.117. The maximum Gasteiger partial charge on any atom is 0.129 e. The zero-order valence-corrected chi connectivity index (χ0v) is 9.47. The van der Waals surface area contributed by atoms with Crippen molar-refractivity contribution in [3.05, 3.63) is 11.8 Å². The van der Waals surface area contributed by atoms with Gasteiger partial charge in [-0.2, -0.15) is 0 Å². The summed E-state index contributed by atoms with van der Waals surface area (Å²) < 4.78 is 0. The maximum atomic E-state index is 10.9. The van der Waals surface area contributed by atoms with Crippen LogP contribution in [0.15, 0.2) is 11.8 Å². The van der Waals surface area contributed by atoms with Crippen LogP contribution in [0.4, 0.5) is 0 Å². The first kappa shape index (κ1) is 11.3. The summed E-state index contributed by atoms with van der Waals surface area (Å²) in [6.45, 7) is 6.18. The van der Waals surface area contributed by atoms with Crippen molar-refractivity contribution < 1.29 is 4.79 Å². The fraction of sp³-hybridized carbons (Fsp3) is 0.750. The average molecular weight is 195 g/mol. The molecule has 0 radical (unpaired) electrons. The molecule has 80 valence electrons. The topological polar surface area (TPSA) is 43.1 Å². The van der Waals surface area contributed by atoms with Gasteiger partial charge in [0.25, 0.3) is 0 Å². The molecular weight excluding hydrogens is 174 g/mol. The number of hydrogen-bond donors (Lipinski definition) is 1. The van der Waals surface area contributed by atoms with Gasteiger partial charge in [-0.05, 0) is 37.5 Å². The molecule has 0 saturated carbocycles. The lowest BCUT2D eigenvalue weighted by Crippen LogP contribution is -2.28. The van der Waals surface area contributed by atoms with Gasteiger partial charge in [-0.25, -0.2) is 0 Å². The standard InChI is InChI=1S/C12H21NO/c1-9(14)4-5-10-8-11(13)6-7-12(10,2)3/h8,10H,4-7,13H2,1-3H3. The van der Waals surface area contributed by atoms with Crippen molar-refractivity contribution in [1.29, 1.82) is 0 Å². The first-order valence-electron chi connectivity index (χ1n) is 5.37. The first-order valence-corrected chi connectivity index (χ1v) is 5.37. The van der Waals surface area contributed by atoms with Crippen molar-refractivity contribution in [3.8, 4) is 0 Å². The quantitative estimate of drug-likeness (QED) is 0.752. The van der Waals surface area contributed by atoms with E-state index in [1.807, 2.05) is 0 Å². The minimum atomic E-state index is 0.276. The summed E-state index contributed by atoms with van der Waals surface area (Å²) >= 11 is 0. The summed E-state index contributed by atoms with van der Waals surface area (Å²) in [6, 6.07) is 0. The Hall–Kier alpha value is -0.790. The van der Waals surface area contributed by atoms with Crippen LogP contribution in [0.25, 0.3) is 0 Å². The van der Waals surface area contributed by atoms with Crippen LogP contribution >= 0.6 is 0 Å². The summed E-state index contributed by atoms with van der Waals surface area (Å²) in [5.41, 5.74) is 7.13. The number of nitrogens with two attached hydrogens (primary N) is 1. The predicted octanol–water partition coefficient (Wildman–Crippen LogP) is 2.63. The molecule has 2 nitrogen and oxygen atoms in total. The molecule has 0 spiro atoms. The molecule has 1 rings (SSSR count). The Morgan fingerprint density at radius 1 is 1.64 bits per heavy atom. The first-order chi connectivity index (χ1) is 6.42. The summed E-state index contributed by atoms with van der Waals surface area (Å²) in [4.78, 5) is 10.9. The van der Waals surface area contributed by atoms with Gasteiger partial charge in [0, 0.05) is 12.1 Å². The Balaban J connectivity index is 2.62. The third-order valence-electron chi connectivity index (χ3n) is 3.28. The Labute approximate surface area is 86.6 Å². The molecule has 0 aliphatic heterocycles. The third kappa shape index (κ3) is 2.86. The van der Waals surface area contributed by atoms with E-state index in [4.69, 9.17) is 5.73 Å². The van der Waals surface area contributed by atoms with Crippen LogP contribution in [0.2, 0.25) is 0 Å². The van der Waals surface area contributed by atoms with E-state index in [0.717, 1.165) is 25.0 Å². The van der Waals surface area contributed by atoms with Crippen molar-refractivity contribution in [1.82, 2.24) is 0 Å². The molecule has 1 aliphatic carbocycles. The van der Waals surface area contributed by atoms with Crippen LogP contribution in [0.1, 0.15) is 46.5 Å². The second-order valence-electron chi connectivity index (χ2n) is 5.08. The Kier molecular flexibility index (Phi) is 3.35. The molecule has 0 bridgehead atoms. The highest BCUT2D eigenvalue weighted by Gasteiger charge is 2.30. The molecule has 0 aromatic rings. The summed E-state index contributed by atoms with van der Waals surface area (Å²) in [5, 5.41) is 0. The lowest BCUT2D eigenvalue weighted by atomic mass is 9.69. The second kappa shape index (κ2) is 4.16. The molecule has 1 unspecified atom stereocenters. The zero-order valence-electron chi connectivity index (χ0n) is 9.47. The van der Waals surface area contributed by atoms with Crippen molar-refractivity contribution in [2.45, 2.75) is 46.5 Å². The fourth-order valence-corrected chi connectivity index (χ4v) is 2.05. The summed E-state index contributed by atoms with van der Waals surface area (Å²) in [6.07, 6.45) is 5.93. The molecule has 0 amide bonds. The van der Waals surface area contributed by atoms with Gasteiger partial charge in [-0.15, -0.1) is 0 Å². The molecule has 0 saturated heterocycles. The van der Waals surface area contributed by atoms with E-state index >= 15 is 0 Å². The fourth-order valence-electron chi connectivity index (χ4n) is 2.05. The molecule has 1 atom stereocenters. The lowest BCUT2D eigenvalue weighted by Gasteiger charge is -2.36. The zero-order chi connectivity index (χ0) is 10.8. The highest BCUT2D eigenvalue weighted by molar-refractivity contribution is 5.75. The predicted molar refractivity (Wildman–Crippen MR) is 58.7 cm³/mol. The minimum Gasteiger partial charge on any atom is -0.402 e. The molecule has 0 fully saturated rings. The number of rotatable bonds is 3. The average Bonchev–Trinajstić information content (AvgIpc) is 2.07. The van der Waals surface area contributed by atoms with Gasteiger partial charge in [0.1, 0.15) is 5.78 Å². The highest BCUT2D eigenvalue weighted by Crippen LogP contribution is 2.40. The van der Waals surface area contributed by atoms with E-state index in [2.05, 4.69) is 19.9 Å². The number of carbonyl (C=O) groups excluding carboxylic acids is 1. The van der Waals surface area contributed by atoms with Gasteiger partial charge >= 0.3 is 0 Å². The van der Waals surface area contributed by atoms with Gasteiger partial charge in [0.15, 0.2) is 0 Å². The smallest absolute Gasteiger partial charge is 0.129 e. The molecule has 0 aromatic carbocycles. The number of Topliss-reactive ketones (excluding diaryl/α,β-unsaturated/α-hetero) is 1. The van der Waals surface area contributed by atoms with Crippen LogP contribution in [0.5, 0.6) is 0 Å². The van der Waals surface area contributed by atoms with E-state index < -0.39 is 0 Å². The largest absolute Gasteiger partial charge is 0.402 e. The van der Waals surface area contributed by atoms with Gasteiger partial charge < -0.3 is 10.5 Å². The van der Waals surface area contributed by atoms with Gasteiger partial charge in [0.2, 0.25) is 0 Å². The molecule has 1 aliphatic rings. The summed E-state index contributed by atoms with van der Waals surface area (Å²) in [5.74, 6) is 0.749. The van der Waals surface area contributed by atoms with E-state index in [9.17, 15) is 4.79 Å². The van der Waals surface area contributed by atoms with E-state index in [1.54, 1.807) is 6.92 Å². The number of carbonyl (C=O) groups is 1. The normalized spacial score (nSPS) is 25.6. The van der Waals surface area contributed by atoms with Gasteiger partial charge in [0.05, 0.1) is 0 Å². The van der Waals surface area contributed by atoms with Crippen LogP contribution in [-0.4, -0.2) is 5.78 Å². The van der Waals surface area contributed by atoms with Crippen LogP contribution in [0, 0.1) is 11.3 Å². The maximum absolute atomic E-state index is 10.9. The molecular formula is C12H21NO. The van der Waals surface area contributed by atoms with E-state index in [-0.39, 0.29) is 5.78 Å². The van der Waals surface area contributed by atoms with E-state index in [1.165, 1.54) is 0 Å². The van der Waals surface area contributed by atoms with Crippen LogP contribution in [-0.2, 0) is 4.79 Å². The number of ketones is 1.